The molecule has 0 aliphatic carbocycles. The molecule has 0 saturated heterocycles. The highest BCUT2D eigenvalue weighted by Gasteiger charge is 2.23. The first-order valence-corrected chi connectivity index (χ1v) is 6.94. The summed E-state index contributed by atoms with van der Waals surface area (Å²) in [7, 11) is 0. The first kappa shape index (κ1) is 12.0. The molecule has 3 nitrogen and oxygen atoms in total. The minimum atomic E-state index is -0.0470. The third kappa shape index (κ3) is 1.78. The molecule has 21 heavy (non-hydrogen) atoms. The van der Waals surface area contributed by atoms with Crippen LogP contribution in [-0.4, -0.2) is 10.9 Å². The number of aromatic amines is 1. The lowest BCUT2D eigenvalue weighted by atomic mass is 10.0. The molecule has 0 atom stereocenters. The fourth-order valence-electron chi connectivity index (χ4n) is 2.87. The fourth-order valence-corrected chi connectivity index (χ4v) is 2.87. The van der Waals surface area contributed by atoms with Crippen LogP contribution in [0.2, 0.25) is 0 Å². The van der Waals surface area contributed by atoms with Gasteiger partial charge in [-0.3, -0.25) is 4.79 Å². The van der Waals surface area contributed by atoms with Gasteiger partial charge in [0.15, 0.2) is 0 Å². The van der Waals surface area contributed by atoms with Gasteiger partial charge in [0, 0.05) is 27.8 Å². The number of hydrogen-bond donors (Lipinski definition) is 2. The van der Waals surface area contributed by atoms with Crippen LogP contribution >= 0.6 is 0 Å². The molecule has 2 heterocycles. The highest BCUT2D eigenvalue weighted by Crippen LogP contribution is 2.33. The molecule has 1 aliphatic heterocycles. The van der Waals surface area contributed by atoms with Crippen molar-refractivity contribution in [3.8, 4) is 0 Å². The Kier molecular flexibility index (Phi) is 2.48. The van der Waals surface area contributed by atoms with Crippen molar-refractivity contribution in [1.29, 1.82) is 0 Å². The second kappa shape index (κ2) is 4.35. The number of benzene rings is 2. The standard InChI is InChI=1S/C18H14N2O/c1-11-12-6-2-4-8-15(12)19-17(11)10-14-13-7-3-5-9-16(13)20-18(14)21/h2-10,19H,1H3,(H,20,21)/b14-10-. The maximum Gasteiger partial charge on any atom is 0.256 e. The van der Waals surface area contributed by atoms with Crippen molar-refractivity contribution >= 4 is 34.1 Å². The number of aromatic nitrogens is 1. The van der Waals surface area contributed by atoms with E-state index in [4.69, 9.17) is 0 Å². The normalized spacial score (nSPS) is 15.5. The fraction of sp³-hybridized carbons (Fsp3) is 0.0556. The Hall–Kier alpha value is -2.81. The molecule has 0 radical (unpaired) electrons. The number of rotatable bonds is 1. The van der Waals surface area contributed by atoms with Crippen molar-refractivity contribution in [2.45, 2.75) is 6.92 Å². The van der Waals surface area contributed by atoms with Gasteiger partial charge < -0.3 is 10.3 Å². The zero-order chi connectivity index (χ0) is 14.4. The Morgan fingerprint density at radius 2 is 1.76 bits per heavy atom. The minimum Gasteiger partial charge on any atom is -0.355 e. The average molecular weight is 274 g/mol. The van der Waals surface area contributed by atoms with Gasteiger partial charge >= 0.3 is 0 Å². The highest BCUT2D eigenvalue weighted by molar-refractivity contribution is 6.35. The summed E-state index contributed by atoms with van der Waals surface area (Å²) in [6.07, 6.45) is 1.94. The number of nitrogens with one attached hydrogen (secondary N) is 2. The summed E-state index contributed by atoms with van der Waals surface area (Å²) in [5, 5.41) is 4.09. The molecule has 2 aromatic carbocycles. The maximum absolute atomic E-state index is 12.2. The number of carbonyl (C=O) groups is 1. The van der Waals surface area contributed by atoms with Crippen LogP contribution in [0.1, 0.15) is 16.8 Å². The molecule has 2 N–H and O–H groups in total. The molecule has 0 fully saturated rings. The number of carbonyl (C=O) groups excluding carboxylic acids is 1. The first-order valence-electron chi connectivity index (χ1n) is 6.94. The second-order valence-corrected chi connectivity index (χ2v) is 5.27. The average Bonchev–Trinajstić information content (AvgIpc) is 2.99. The summed E-state index contributed by atoms with van der Waals surface area (Å²) < 4.78 is 0. The van der Waals surface area contributed by atoms with Crippen molar-refractivity contribution in [3.63, 3.8) is 0 Å². The molecule has 102 valence electrons. The molecule has 0 bridgehead atoms. The summed E-state index contributed by atoms with van der Waals surface area (Å²) >= 11 is 0. The van der Waals surface area contributed by atoms with Crippen molar-refractivity contribution in [3.05, 3.63) is 65.4 Å². The van der Waals surface area contributed by atoms with Gasteiger partial charge in [-0.1, -0.05) is 36.4 Å². The Morgan fingerprint density at radius 1 is 1.00 bits per heavy atom. The van der Waals surface area contributed by atoms with Gasteiger partial charge in [0.1, 0.15) is 0 Å². The Bertz CT molecular complexity index is 902. The quantitative estimate of drug-likeness (QED) is 0.648. The number of para-hydroxylation sites is 2. The monoisotopic (exact) mass is 274 g/mol. The lowest BCUT2D eigenvalue weighted by molar-refractivity contribution is -0.110. The molecule has 1 amide bonds. The Balaban J connectivity index is 1.91. The Labute approximate surface area is 122 Å². The molecule has 4 rings (SSSR count). The van der Waals surface area contributed by atoms with E-state index in [9.17, 15) is 4.79 Å². The van der Waals surface area contributed by atoms with E-state index >= 15 is 0 Å². The van der Waals surface area contributed by atoms with E-state index in [1.165, 1.54) is 5.39 Å². The van der Waals surface area contributed by atoms with Crippen molar-refractivity contribution in [2.75, 3.05) is 5.32 Å². The zero-order valence-corrected chi connectivity index (χ0v) is 11.6. The second-order valence-electron chi connectivity index (χ2n) is 5.27. The molecule has 3 aromatic rings. The number of anilines is 1. The van der Waals surface area contributed by atoms with E-state index in [-0.39, 0.29) is 5.91 Å². The highest BCUT2D eigenvalue weighted by atomic mass is 16.2. The molecule has 1 aliphatic rings. The predicted octanol–water partition coefficient (Wildman–Crippen LogP) is 3.97. The van der Waals surface area contributed by atoms with E-state index in [0.29, 0.717) is 5.57 Å². The molecular weight excluding hydrogens is 260 g/mol. The van der Waals surface area contributed by atoms with Crippen molar-refractivity contribution in [2.24, 2.45) is 0 Å². The predicted molar refractivity (Wildman–Crippen MR) is 86.0 cm³/mol. The molecular formula is C18H14N2O. The molecule has 0 spiro atoms. The van der Waals surface area contributed by atoms with Gasteiger partial charge in [0.05, 0.1) is 5.57 Å². The maximum atomic E-state index is 12.2. The summed E-state index contributed by atoms with van der Waals surface area (Å²) in [6, 6.07) is 15.9. The van der Waals surface area contributed by atoms with Gasteiger partial charge in [-0.05, 0) is 30.7 Å². The van der Waals surface area contributed by atoms with E-state index in [2.05, 4.69) is 23.3 Å². The summed E-state index contributed by atoms with van der Waals surface area (Å²) in [5.41, 5.74) is 5.78. The summed E-state index contributed by atoms with van der Waals surface area (Å²) in [4.78, 5) is 15.6. The van der Waals surface area contributed by atoms with Gasteiger partial charge in [-0.2, -0.15) is 0 Å². The van der Waals surface area contributed by atoms with Crippen LogP contribution in [0.4, 0.5) is 5.69 Å². The third-order valence-corrected chi connectivity index (χ3v) is 4.00. The number of hydrogen-bond acceptors (Lipinski definition) is 1. The molecule has 0 unspecified atom stereocenters. The lowest BCUT2D eigenvalue weighted by Gasteiger charge is -1.97. The van der Waals surface area contributed by atoms with Crippen LogP contribution in [-0.2, 0) is 4.79 Å². The topological polar surface area (TPSA) is 44.9 Å². The van der Waals surface area contributed by atoms with E-state index in [1.807, 2.05) is 48.5 Å². The van der Waals surface area contributed by atoms with Gasteiger partial charge in [-0.15, -0.1) is 0 Å². The smallest absolute Gasteiger partial charge is 0.256 e. The van der Waals surface area contributed by atoms with Crippen LogP contribution in [0.25, 0.3) is 22.6 Å². The number of aryl methyl sites for hydroxylation is 1. The van der Waals surface area contributed by atoms with Crippen LogP contribution in [0.3, 0.4) is 0 Å². The zero-order valence-electron chi connectivity index (χ0n) is 11.6. The third-order valence-electron chi connectivity index (χ3n) is 4.00. The van der Waals surface area contributed by atoms with E-state index in [0.717, 1.165) is 28.0 Å². The first-order chi connectivity index (χ1) is 10.2. The largest absolute Gasteiger partial charge is 0.355 e. The molecule has 1 aromatic heterocycles. The van der Waals surface area contributed by atoms with Gasteiger partial charge in [0.25, 0.3) is 5.91 Å². The molecule has 0 saturated carbocycles. The van der Waals surface area contributed by atoms with Gasteiger partial charge in [0.2, 0.25) is 0 Å². The lowest BCUT2D eigenvalue weighted by Crippen LogP contribution is -2.03. The van der Waals surface area contributed by atoms with Crippen LogP contribution in [0, 0.1) is 6.92 Å². The number of fused-ring (bicyclic) bond motifs is 2. The minimum absolute atomic E-state index is 0.0470. The van der Waals surface area contributed by atoms with Gasteiger partial charge in [-0.25, -0.2) is 0 Å². The van der Waals surface area contributed by atoms with E-state index in [1.54, 1.807) is 0 Å². The van der Waals surface area contributed by atoms with Crippen LogP contribution in [0.5, 0.6) is 0 Å². The van der Waals surface area contributed by atoms with Crippen molar-refractivity contribution < 1.29 is 4.79 Å². The summed E-state index contributed by atoms with van der Waals surface area (Å²) in [5.74, 6) is -0.0470. The Morgan fingerprint density at radius 3 is 2.62 bits per heavy atom. The van der Waals surface area contributed by atoms with Crippen LogP contribution < -0.4 is 5.32 Å². The summed E-state index contributed by atoms with van der Waals surface area (Å²) in [6.45, 7) is 2.07. The SMILES string of the molecule is Cc1c(/C=C2\C(=O)Nc3ccccc32)[nH]c2ccccc12. The number of amides is 1. The molecule has 3 heteroatoms. The van der Waals surface area contributed by atoms with Crippen LogP contribution in [0.15, 0.2) is 48.5 Å². The van der Waals surface area contributed by atoms with Crippen molar-refractivity contribution in [1.82, 2.24) is 4.98 Å². The van der Waals surface area contributed by atoms with E-state index < -0.39 is 0 Å². The number of H-pyrrole nitrogens is 1.